The molecule has 0 aliphatic carbocycles. The first-order valence-electron chi connectivity index (χ1n) is 17.9. The van der Waals surface area contributed by atoms with E-state index in [-0.39, 0.29) is 31.8 Å². The molecule has 0 aromatic heterocycles. The van der Waals surface area contributed by atoms with E-state index < -0.39 is 109 Å². The van der Waals surface area contributed by atoms with Crippen molar-refractivity contribution in [3.63, 3.8) is 0 Å². The summed E-state index contributed by atoms with van der Waals surface area (Å²) in [6.45, 7) is 7.27. The lowest BCUT2D eigenvalue weighted by atomic mass is 10.1. The van der Waals surface area contributed by atoms with Gasteiger partial charge in [0.2, 0.25) is 41.4 Å². The third-order valence-corrected chi connectivity index (χ3v) is 7.43. The van der Waals surface area contributed by atoms with Crippen LogP contribution in [0.4, 0.5) is 4.79 Å². The summed E-state index contributed by atoms with van der Waals surface area (Å²) in [5, 5.41) is 27.7. The number of carbonyl (C=O) groups is 9. The highest BCUT2D eigenvalue weighted by atomic mass is 16.6. The maximum atomic E-state index is 13.0. The van der Waals surface area contributed by atoms with Crippen molar-refractivity contribution in [1.82, 2.24) is 42.5 Å². The molecule has 0 aliphatic heterocycles. The first-order chi connectivity index (χ1) is 26.6. The van der Waals surface area contributed by atoms with Crippen molar-refractivity contribution in [2.24, 2.45) is 16.5 Å². The van der Waals surface area contributed by atoms with Crippen LogP contribution in [0.25, 0.3) is 0 Å². The molecule has 0 heterocycles. The van der Waals surface area contributed by atoms with Gasteiger partial charge in [-0.15, -0.1) is 0 Å². The number of nitrogens with zero attached hydrogens (tertiary/aromatic N) is 1. The zero-order chi connectivity index (χ0) is 43.3. The van der Waals surface area contributed by atoms with Crippen molar-refractivity contribution in [2.75, 3.05) is 26.2 Å². The molecule has 5 atom stereocenters. The molecule has 8 amide bonds. The number of alkyl carbamates (subject to hydrolysis) is 1. The second-order valence-corrected chi connectivity index (χ2v) is 13.8. The number of guanidine groups is 1. The van der Waals surface area contributed by atoms with Crippen molar-refractivity contribution in [2.45, 2.75) is 96.6 Å². The summed E-state index contributed by atoms with van der Waals surface area (Å²) in [6.07, 6.45) is -0.491. The summed E-state index contributed by atoms with van der Waals surface area (Å²) >= 11 is 0. The minimum atomic E-state index is -1.29. The molecule has 22 nitrogen and oxygen atoms in total. The van der Waals surface area contributed by atoms with Gasteiger partial charge in [0.15, 0.2) is 5.96 Å². The quantitative estimate of drug-likeness (QED) is 0.0310. The number of aliphatic imine (C=N–C) groups is 1. The van der Waals surface area contributed by atoms with E-state index >= 15 is 0 Å². The van der Waals surface area contributed by atoms with Crippen LogP contribution < -0.4 is 54.0 Å². The van der Waals surface area contributed by atoms with E-state index in [4.69, 9.17) is 21.3 Å². The molecule has 0 saturated carbocycles. The zero-order valence-electron chi connectivity index (χ0n) is 32.9. The Morgan fingerprint density at radius 2 is 1.21 bits per heavy atom. The van der Waals surface area contributed by atoms with E-state index in [1.54, 1.807) is 51.1 Å². The highest BCUT2D eigenvalue weighted by Gasteiger charge is 2.28. The molecule has 0 unspecified atom stereocenters. The fourth-order valence-electron chi connectivity index (χ4n) is 4.57. The molecule has 22 heteroatoms. The predicted octanol–water partition coefficient (Wildman–Crippen LogP) is -3.39. The maximum absolute atomic E-state index is 13.0. The number of ether oxygens (including phenoxy) is 1. The normalized spacial score (nSPS) is 13.4. The Hall–Kier alpha value is -6.48. The zero-order valence-corrected chi connectivity index (χ0v) is 32.9. The van der Waals surface area contributed by atoms with Crippen molar-refractivity contribution in [3.05, 3.63) is 35.9 Å². The molecule has 1 aromatic rings. The highest BCUT2D eigenvalue weighted by Crippen LogP contribution is 2.09. The van der Waals surface area contributed by atoms with Crippen LogP contribution in [0.15, 0.2) is 35.3 Å². The van der Waals surface area contributed by atoms with Crippen LogP contribution >= 0.6 is 0 Å². The van der Waals surface area contributed by atoms with Gasteiger partial charge in [0.05, 0.1) is 13.1 Å². The number of hydrogen-bond donors (Lipinski definition) is 11. The summed E-state index contributed by atoms with van der Waals surface area (Å²) < 4.78 is 5.25. The summed E-state index contributed by atoms with van der Waals surface area (Å²) in [5.41, 5.74) is 10.6. The molecule has 0 radical (unpaired) electrons. The van der Waals surface area contributed by atoms with Gasteiger partial charge in [-0.05, 0) is 59.9 Å². The summed E-state index contributed by atoms with van der Waals surface area (Å²) in [4.78, 5) is 116. The van der Waals surface area contributed by atoms with E-state index in [9.17, 15) is 43.2 Å². The monoisotopic (exact) mass is 805 g/mol. The van der Waals surface area contributed by atoms with Crippen molar-refractivity contribution < 1.29 is 53.0 Å². The molecule has 0 spiro atoms. The van der Waals surface area contributed by atoms with Crippen LogP contribution in [0.1, 0.15) is 59.9 Å². The largest absolute Gasteiger partial charge is 0.480 e. The minimum Gasteiger partial charge on any atom is -0.480 e. The molecule has 57 heavy (non-hydrogen) atoms. The van der Waals surface area contributed by atoms with Gasteiger partial charge < -0.3 is 63.8 Å². The molecule has 0 aliphatic rings. The first kappa shape index (κ1) is 48.5. The van der Waals surface area contributed by atoms with Crippen LogP contribution in [-0.4, -0.2) is 126 Å². The number of benzene rings is 1. The Labute approximate surface area is 329 Å². The smallest absolute Gasteiger partial charge is 0.408 e. The number of carboxylic acid groups (broad SMARTS) is 1. The summed E-state index contributed by atoms with van der Waals surface area (Å²) in [5.74, 6) is -6.83. The third-order valence-electron chi connectivity index (χ3n) is 7.43. The Morgan fingerprint density at radius 1 is 0.667 bits per heavy atom. The number of amides is 8. The summed E-state index contributed by atoms with van der Waals surface area (Å²) in [7, 11) is 0. The standard InChI is InChI=1S/C35H55N11O11/c1-19(28(51)41-18-27(49)50)44-32(55)23(13-10-14-38-33(36)37)45-30(53)21(3)43-29(52)20(2)42-26(48)17-39-25(47)16-40-31(54)24(15-22-11-8-7-9-12-22)46-34(56)57-35(4,5)6/h7-9,11-12,19-21,23-24H,10,13-18H2,1-6H3,(H,39,47)(H,40,54)(H,41,51)(H,42,48)(H,43,52)(H,44,55)(H,45,53)(H,46,56)(H,49,50)(H4,36,37,38)/t19-,20-,21-,23-,24-/m0/s1. The van der Waals surface area contributed by atoms with Gasteiger partial charge in [-0.3, -0.25) is 43.3 Å². The van der Waals surface area contributed by atoms with Gasteiger partial charge in [-0.1, -0.05) is 30.3 Å². The number of aliphatic carboxylic acids is 1. The van der Waals surface area contributed by atoms with Crippen molar-refractivity contribution in [1.29, 1.82) is 0 Å². The van der Waals surface area contributed by atoms with Crippen LogP contribution in [0.5, 0.6) is 0 Å². The molecule has 316 valence electrons. The van der Waals surface area contributed by atoms with Crippen molar-refractivity contribution in [3.8, 4) is 0 Å². The number of rotatable bonds is 22. The fraction of sp³-hybridized carbons (Fsp3) is 0.543. The molecular formula is C35H55N11O11. The number of carboxylic acids is 1. The second kappa shape index (κ2) is 24.1. The van der Waals surface area contributed by atoms with Gasteiger partial charge >= 0.3 is 12.1 Å². The van der Waals surface area contributed by atoms with Crippen molar-refractivity contribution >= 4 is 59.4 Å². The number of carbonyl (C=O) groups excluding carboxylic acids is 8. The van der Waals surface area contributed by atoms with E-state index in [0.717, 1.165) is 5.56 Å². The van der Waals surface area contributed by atoms with Crippen LogP contribution in [0.2, 0.25) is 0 Å². The van der Waals surface area contributed by atoms with Gasteiger partial charge in [-0.25, -0.2) is 4.79 Å². The minimum absolute atomic E-state index is 0.0115. The van der Waals surface area contributed by atoms with Gasteiger partial charge in [0.1, 0.15) is 42.4 Å². The number of nitrogens with two attached hydrogens (primary N) is 2. The highest BCUT2D eigenvalue weighted by molar-refractivity contribution is 5.96. The van der Waals surface area contributed by atoms with Crippen LogP contribution in [-0.2, 0) is 49.5 Å². The molecule has 13 N–H and O–H groups in total. The Balaban J connectivity index is 2.70. The molecule has 0 bridgehead atoms. The fourth-order valence-corrected chi connectivity index (χ4v) is 4.57. The second-order valence-electron chi connectivity index (χ2n) is 13.8. The molecule has 0 fully saturated rings. The number of hydrogen-bond acceptors (Lipinski definition) is 11. The molecule has 1 rings (SSSR count). The van der Waals surface area contributed by atoms with E-state index in [1.165, 1.54) is 20.8 Å². The topological polar surface area (TPSA) is 344 Å². The third kappa shape index (κ3) is 21.3. The Bertz CT molecular complexity index is 1610. The summed E-state index contributed by atoms with van der Waals surface area (Å²) in [6, 6.07) is 2.96. The maximum Gasteiger partial charge on any atom is 0.408 e. The van der Waals surface area contributed by atoms with Gasteiger partial charge in [-0.2, -0.15) is 0 Å². The van der Waals surface area contributed by atoms with E-state index in [0.29, 0.717) is 0 Å². The molecular weight excluding hydrogens is 750 g/mol. The lowest BCUT2D eigenvalue weighted by Gasteiger charge is -2.23. The SMILES string of the molecule is C[C@H](NC(=O)CNC(=O)CNC(=O)[C@H](Cc1ccccc1)NC(=O)OC(C)(C)C)C(=O)N[C@@H](C)C(=O)N[C@@H](CCCN=C(N)N)C(=O)N[C@@H](C)C(=O)NCC(=O)O. The molecule has 0 saturated heterocycles. The predicted molar refractivity (Wildman–Crippen MR) is 205 cm³/mol. The average Bonchev–Trinajstić information content (AvgIpc) is 3.11. The van der Waals surface area contributed by atoms with Crippen LogP contribution in [0.3, 0.4) is 0 Å². The van der Waals surface area contributed by atoms with Gasteiger partial charge in [0.25, 0.3) is 0 Å². The van der Waals surface area contributed by atoms with Gasteiger partial charge in [0, 0.05) is 13.0 Å². The van der Waals surface area contributed by atoms with E-state index in [2.05, 4.69) is 47.5 Å². The van der Waals surface area contributed by atoms with Crippen LogP contribution in [0, 0.1) is 0 Å². The number of nitrogens with one attached hydrogen (secondary N) is 8. The Morgan fingerprint density at radius 3 is 1.81 bits per heavy atom. The Kier molecular flexibility index (Phi) is 20.5. The lowest BCUT2D eigenvalue weighted by Crippen LogP contribution is -2.57. The average molecular weight is 806 g/mol. The molecule has 1 aromatic carbocycles. The first-order valence-corrected chi connectivity index (χ1v) is 17.9. The lowest BCUT2D eigenvalue weighted by molar-refractivity contribution is -0.138. The van der Waals surface area contributed by atoms with E-state index in [1.807, 2.05) is 0 Å².